The van der Waals surface area contributed by atoms with Crippen molar-refractivity contribution in [2.45, 2.75) is 26.3 Å². The Kier molecular flexibility index (Phi) is 4.55. The number of halogens is 1. The number of H-pyrrole nitrogens is 1. The second kappa shape index (κ2) is 6.99. The molecular weight excluding hydrogens is 331 g/mol. The Morgan fingerprint density at radius 3 is 3.04 bits per heavy atom. The number of nitrogens with zero attached hydrogens (tertiary/aromatic N) is 4. The molecule has 0 aliphatic carbocycles. The van der Waals surface area contributed by atoms with Gasteiger partial charge in [-0.15, -0.1) is 0 Å². The maximum atomic E-state index is 14.5. The van der Waals surface area contributed by atoms with Crippen LogP contribution in [0, 0.1) is 11.7 Å². The van der Waals surface area contributed by atoms with Crippen molar-refractivity contribution in [1.29, 1.82) is 0 Å². The van der Waals surface area contributed by atoms with Crippen LogP contribution in [0.1, 0.15) is 20.3 Å². The summed E-state index contributed by atoms with van der Waals surface area (Å²) < 4.78 is 14.5. The van der Waals surface area contributed by atoms with Crippen LogP contribution in [0.4, 0.5) is 10.2 Å². The van der Waals surface area contributed by atoms with E-state index in [1.807, 2.05) is 17.0 Å². The fourth-order valence-corrected chi connectivity index (χ4v) is 3.58. The first kappa shape index (κ1) is 16.9. The summed E-state index contributed by atoms with van der Waals surface area (Å²) in [6.45, 7) is 6.75. The van der Waals surface area contributed by atoms with Gasteiger partial charge in [-0.2, -0.15) is 5.10 Å². The molecule has 0 unspecified atom stereocenters. The third kappa shape index (κ3) is 3.26. The number of hydrogen-bond donors (Lipinski definition) is 2. The Bertz CT molecular complexity index is 906. The lowest BCUT2D eigenvalue weighted by molar-refractivity contribution is 0.385. The van der Waals surface area contributed by atoms with E-state index in [2.05, 4.69) is 39.3 Å². The summed E-state index contributed by atoms with van der Waals surface area (Å²) in [4.78, 5) is 10.9. The first-order valence-electron chi connectivity index (χ1n) is 9.06. The lowest BCUT2D eigenvalue weighted by atomic mass is 10.0. The summed E-state index contributed by atoms with van der Waals surface area (Å²) in [6, 6.07) is 7.33. The predicted octanol–water partition coefficient (Wildman–Crippen LogP) is 2.98. The fourth-order valence-electron chi connectivity index (χ4n) is 3.58. The van der Waals surface area contributed by atoms with Gasteiger partial charge < -0.3 is 10.2 Å². The topological polar surface area (TPSA) is 69.7 Å². The number of aromatic nitrogens is 4. The average Bonchev–Trinajstić information content (AvgIpc) is 3.06. The lowest BCUT2D eigenvalue weighted by Gasteiger charge is -2.35. The molecule has 0 bridgehead atoms. The van der Waals surface area contributed by atoms with E-state index >= 15 is 0 Å². The molecule has 3 aromatic rings. The quantitative estimate of drug-likeness (QED) is 0.754. The monoisotopic (exact) mass is 354 g/mol. The molecule has 1 saturated heterocycles. The molecule has 7 heteroatoms. The minimum Gasteiger partial charge on any atom is -0.351 e. The zero-order valence-corrected chi connectivity index (χ0v) is 15.0. The second-order valence-electron chi connectivity index (χ2n) is 7.20. The van der Waals surface area contributed by atoms with Crippen molar-refractivity contribution >= 4 is 16.9 Å². The van der Waals surface area contributed by atoms with Crippen LogP contribution in [0.2, 0.25) is 0 Å². The summed E-state index contributed by atoms with van der Waals surface area (Å²) in [7, 11) is 0. The molecule has 1 atom stereocenters. The number of piperazine rings is 1. The van der Waals surface area contributed by atoms with Crippen LogP contribution < -0.4 is 10.2 Å². The van der Waals surface area contributed by atoms with E-state index in [4.69, 9.17) is 0 Å². The third-order valence-corrected chi connectivity index (χ3v) is 4.72. The normalized spacial score (nSPS) is 18.0. The minimum absolute atomic E-state index is 0.291. The molecule has 4 heterocycles. The van der Waals surface area contributed by atoms with Crippen molar-refractivity contribution in [2.24, 2.45) is 5.92 Å². The van der Waals surface area contributed by atoms with Crippen molar-refractivity contribution in [3.63, 3.8) is 0 Å². The van der Waals surface area contributed by atoms with Crippen LogP contribution in [0.15, 0.2) is 30.5 Å². The molecule has 26 heavy (non-hydrogen) atoms. The van der Waals surface area contributed by atoms with Crippen LogP contribution in [0.3, 0.4) is 0 Å². The van der Waals surface area contributed by atoms with Gasteiger partial charge in [-0.3, -0.25) is 5.10 Å². The number of anilines is 1. The van der Waals surface area contributed by atoms with Gasteiger partial charge in [-0.1, -0.05) is 13.8 Å². The molecule has 1 aliphatic heterocycles. The van der Waals surface area contributed by atoms with Crippen LogP contribution in [-0.4, -0.2) is 45.8 Å². The van der Waals surface area contributed by atoms with Crippen LogP contribution >= 0.6 is 0 Å². The highest BCUT2D eigenvalue weighted by Crippen LogP contribution is 2.27. The van der Waals surface area contributed by atoms with Crippen LogP contribution in [-0.2, 0) is 0 Å². The molecule has 0 aromatic carbocycles. The van der Waals surface area contributed by atoms with Gasteiger partial charge in [0.25, 0.3) is 0 Å². The van der Waals surface area contributed by atoms with Gasteiger partial charge in [-0.05, 0) is 36.6 Å². The summed E-state index contributed by atoms with van der Waals surface area (Å²) in [5.74, 6) is 0.714. The average molecular weight is 354 g/mol. The first-order chi connectivity index (χ1) is 12.6. The molecule has 0 radical (unpaired) electrons. The standard InChI is InChI=1S/C19H23FN6/c1-12(2)10-13-11-26(9-8-21-13)19-15(20)5-6-16(23-19)17-14-4-3-7-22-18(14)25-24-17/h3-7,12-13,21H,8-11H2,1-2H3,(H,22,24,25)/t13-/m0/s1. The van der Waals surface area contributed by atoms with Crippen molar-refractivity contribution in [2.75, 3.05) is 24.5 Å². The smallest absolute Gasteiger partial charge is 0.181 e. The first-order valence-corrected chi connectivity index (χ1v) is 9.06. The largest absolute Gasteiger partial charge is 0.351 e. The van der Waals surface area contributed by atoms with Gasteiger partial charge in [0, 0.05) is 37.3 Å². The zero-order valence-electron chi connectivity index (χ0n) is 15.0. The highest BCUT2D eigenvalue weighted by Gasteiger charge is 2.24. The van der Waals surface area contributed by atoms with Gasteiger partial charge in [-0.25, -0.2) is 14.4 Å². The number of hydrogen-bond acceptors (Lipinski definition) is 5. The maximum Gasteiger partial charge on any atom is 0.181 e. The molecule has 6 nitrogen and oxygen atoms in total. The molecular formula is C19H23FN6. The molecule has 4 rings (SSSR count). The Morgan fingerprint density at radius 2 is 2.19 bits per heavy atom. The summed E-state index contributed by atoms with van der Waals surface area (Å²) in [5, 5.41) is 11.6. The summed E-state index contributed by atoms with van der Waals surface area (Å²) in [6.07, 6.45) is 2.76. The number of rotatable bonds is 4. The van der Waals surface area contributed by atoms with Crippen molar-refractivity contribution in [1.82, 2.24) is 25.5 Å². The Balaban J connectivity index is 1.66. The minimum atomic E-state index is -0.291. The van der Waals surface area contributed by atoms with Crippen LogP contribution in [0.5, 0.6) is 0 Å². The lowest BCUT2D eigenvalue weighted by Crippen LogP contribution is -2.51. The Labute approximate surface area is 151 Å². The van der Waals surface area contributed by atoms with E-state index in [0.29, 0.717) is 29.1 Å². The maximum absolute atomic E-state index is 14.5. The SMILES string of the molecule is CC(C)C[C@H]1CN(c2nc(-c3[nH]nc4ncccc34)ccc2F)CCN1. The van der Waals surface area contributed by atoms with E-state index in [-0.39, 0.29) is 5.82 Å². The molecule has 136 valence electrons. The van der Waals surface area contributed by atoms with Gasteiger partial charge in [0.05, 0.1) is 11.4 Å². The summed E-state index contributed by atoms with van der Waals surface area (Å²) >= 11 is 0. The zero-order chi connectivity index (χ0) is 18.1. The molecule has 0 spiro atoms. The van der Waals surface area contributed by atoms with Crippen molar-refractivity contribution < 1.29 is 4.39 Å². The van der Waals surface area contributed by atoms with E-state index in [0.717, 1.165) is 37.1 Å². The second-order valence-corrected chi connectivity index (χ2v) is 7.20. The molecule has 1 fully saturated rings. The van der Waals surface area contributed by atoms with Crippen LogP contribution in [0.25, 0.3) is 22.4 Å². The Hall–Kier alpha value is -2.54. The fraction of sp³-hybridized carbons (Fsp3) is 0.421. The number of fused-ring (bicyclic) bond motifs is 1. The summed E-state index contributed by atoms with van der Waals surface area (Å²) in [5.41, 5.74) is 2.08. The van der Waals surface area contributed by atoms with Gasteiger partial charge in [0.2, 0.25) is 0 Å². The highest BCUT2D eigenvalue weighted by molar-refractivity contribution is 5.89. The van der Waals surface area contributed by atoms with E-state index in [1.54, 1.807) is 12.3 Å². The molecule has 0 saturated carbocycles. The van der Waals surface area contributed by atoms with Crippen molar-refractivity contribution in [3.05, 3.63) is 36.3 Å². The molecule has 0 amide bonds. The molecule has 1 aliphatic rings. The van der Waals surface area contributed by atoms with E-state index in [9.17, 15) is 4.39 Å². The van der Waals surface area contributed by atoms with E-state index < -0.39 is 0 Å². The predicted molar refractivity (Wildman–Crippen MR) is 101 cm³/mol. The number of nitrogens with one attached hydrogen (secondary N) is 2. The number of pyridine rings is 2. The number of aromatic amines is 1. The molecule has 2 N–H and O–H groups in total. The highest BCUT2D eigenvalue weighted by atomic mass is 19.1. The van der Waals surface area contributed by atoms with Gasteiger partial charge in [0.1, 0.15) is 0 Å². The van der Waals surface area contributed by atoms with Gasteiger partial charge in [0.15, 0.2) is 17.3 Å². The van der Waals surface area contributed by atoms with Gasteiger partial charge >= 0.3 is 0 Å². The van der Waals surface area contributed by atoms with E-state index in [1.165, 1.54) is 6.07 Å². The Morgan fingerprint density at radius 1 is 1.31 bits per heavy atom. The molecule has 3 aromatic heterocycles. The van der Waals surface area contributed by atoms with Crippen molar-refractivity contribution in [3.8, 4) is 11.4 Å². The third-order valence-electron chi connectivity index (χ3n) is 4.72.